The van der Waals surface area contributed by atoms with Gasteiger partial charge in [-0.2, -0.15) is 9.78 Å². The van der Waals surface area contributed by atoms with Gasteiger partial charge in [0.05, 0.1) is 30.0 Å². The Balaban J connectivity index is 1.54. The molecular weight excluding hydrogens is 422 g/mol. The second kappa shape index (κ2) is 7.38. The van der Waals surface area contributed by atoms with Crippen molar-refractivity contribution in [3.8, 4) is 0 Å². The summed E-state index contributed by atoms with van der Waals surface area (Å²) in [6, 6.07) is 15.1. The third kappa shape index (κ3) is 3.53. The molecule has 5 rings (SSSR count). The van der Waals surface area contributed by atoms with Crippen molar-refractivity contribution in [3.05, 3.63) is 78.0 Å². The predicted molar refractivity (Wildman–Crippen MR) is 115 cm³/mol. The average Bonchev–Trinajstić information content (AvgIpc) is 3.44. The third-order valence-electron chi connectivity index (χ3n) is 4.84. The number of thioether (sulfide) groups is 1. The maximum Gasteiger partial charge on any atom is 0.212 e. The molecule has 0 radical (unpaired) electrons. The van der Waals surface area contributed by atoms with Crippen molar-refractivity contribution in [2.24, 2.45) is 5.10 Å². The number of benzene rings is 2. The minimum absolute atomic E-state index is 0.220. The van der Waals surface area contributed by atoms with Crippen molar-refractivity contribution in [3.63, 3.8) is 0 Å². The summed E-state index contributed by atoms with van der Waals surface area (Å²) in [5.41, 5.74) is 2.01. The van der Waals surface area contributed by atoms with Crippen LogP contribution in [0.2, 0.25) is 0 Å². The van der Waals surface area contributed by atoms with Crippen molar-refractivity contribution in [1.82, 2.24) is 19.6 Å². The van der Waals surface area contributed by atoms with Crippen LogP contribution in [0.5, 0.6) is 0 Å². The summed E-state index contributed by atoms with van der Waals surface area (Å²) in [6.45, 7) is 0. The highest BCUT2D eigenvalue weighted by Crippen LogP contribution is 2.52. The van der Waals surface area contributed by atoms with Crippen LogP contribution in [0.4, 0.5) is 0 Å². The van der Waals surface area contributed by atoms with Crippen LogP contribution in [0.1, 0.15) is 28.2 Å². The normalized spacial score (nSPS) is 18.6. The Morgan fingerprint density at radius 3 is 2.70 bits per heavy atom. The number of hydrogen-bond donors (Lipinski definition) is 1. The van der Waals surface area contributed by atoms with Crippen LogP contribution in [-0.4, -0.2) is 35.8 Å². The number of nitrogens with zero attached hydrogens (tertiary/aromatic N) is 4. The molecular formula is C20H17N5O3S2. The van der Waals surface area contributed by atoms with Gasteiger partial charge in [0.15, 0.2) is 0 Å². The summed E-state index contributed by atoms with van der Waals surface area (Å²) < 4.78 is 33.9. The van der Waals surface area contributed by atoms with Crippen LogP contribution in [0.3, 0.4) is 0 Å². The molecule has 30 heavy (non-hydrogen) atoms. The average molecular weight is 440 g/mol. The Hall–Kier alpha value is -2.95. The summed E-state index contributed by atoms with van der Waals surface area (Å²) in [5.74, 6) is 0.606. The maximum absolute atomic E-state index is 12.1. The first kappa shape index (κ1) is 19.0. The summed E-state index contributed by atoms with van der Waals surface area (Å²) >= 11 is 1.42. The highest BCUT2D eigenvalue weighted by atomic mass is 32.2. The van der Waals surface area contributed by atoms with Crippen LogP contribution < -0.4 is 4.72 Å². The van der Waals surface area contributed by atoms with Gasteiger partial charge in [-0.05, 0) is 34.0 Å². The molecule has 2 aromatic heterocycles. The Morgan fingerprint density at radius 2 is 1.97 bits per heavy atom. The lowest BCUT2D eigenvalue weighted by Gasteiger charge is -2.21. The Morgan fingerprint density at radius 1 is 1.17 bits per heavy atom. The lowest BCUT2D eigenvalue weighted by atomic mass is 10.1. The standard InChI is InChI=1S/C20H17N5O3S2/c1-30(26,27)24-18-15-8-2-5-13-6-3-9-16(17(13)15)19(18)29-20-23-21-12-25(20)22-11-14-7-4-10-28-14/h2-12,18-19,24H,1H3/b22-11-/t18-,19-/m1/s1. The molecule has 1 N–H and O–H groups in total. The third-order valence-corrected chi connectivity index (χ3v) is 6.78. The number of rotatable bonds is 6. The molecule has 8 nitrogen and oxygen atoms in total. The minimum Gasteiger partial charge on any atom is -0.463 e. The highest BCUT2D eigenvalue weighted by Gasteiger charge is 2.37. The zero-order valence-electron chi connectivity index (χ0n) is 15.8. The van der Waals surface area contributed by atoms with E-state index in [1.54, 1.807) is 29.3 Å². The molecule has 0 saturated heterocycles. The quantitative estimate of drug-likeness (QED) is 0.462. The van der Waals surface area contributed by atoms with E-state index in [9.17, 15) is 8.42 Å². The number of nitrogens with one attached hydrogen (secondary N) is 1. The molecule has 0 fully saturated rings. The lowest BCUT2D eigenvalue weighted by molar-refractivity contribution is 0.558. The topological polar surface area (TPSA) is 102 Å². The van der Waals surface area contributed by atoms with E-state index in [1.165, 1.54) is 24.3 Å². The van der Waals surface area contributed by atoms with Gasteiger partial charge in [-0.25, -0.2) is 13.1 Å². The highest BCUT2D eigenvalue weighted by molar-refractivity contribution is 7.99. The van der Waals surface area contributed by atoms with E-state index in [0.29, 0.717) is 10.9 Å². The second-order valence-electron chi connectivity index (χ2n) is 6.92. The first-order valence-electron chi connectivity index (χ1n) is 9.13. The molecule has 1 aliphatic carbocycles. The first-order chi connectivity index (χ1) is 14.5. The Bertz CT molecular complexity index is 1340. The van der Waals surface area contributed by atoms with Gasteiger partial charge >= 0.3 is 0 Å². The summed E-state index contributed by atoms with van der Waals surface area (Å²) in [5, 5.41) is 15.0. The van der Waals surface area contributed by atoms with Crippen LogP contribution in [-0.2, 0) is 10.0 Å². The molecule has 10 heteroatoms. The lowest BCUT2D eigenvalue weighted by Crippen LogP contribution is -2.28. The fraction of sp³-hybridized carbons (Fsp3) is 0.150. The van der Waals surface area contributed by atoms with Gasteiger partial charge in [-0.3, -0.25) is 0 Å². The molecule has 152 valence electrons. The number of sulfonamides is 1. The molecule has 0 amide bonds. The summed E-state index contributed by atoms with van der Waals surface area (Å²) in [4.78, 5) is 0. The van der Waals surface area contributed by atoms with E-state index in [4.69, 9.17) is 4.42 Å². The maximum atomic E-state index is 12.1. The molecule has 0 aliphatic heterocycles. The smallest absolute Gasteiger partial charge is 0.212 e. The van der Waals surface area contributed by atoms with Crippen molar-refractivity contribution < 1.29 is 12.8 Å². The molecule has 1 aliphatic rings. The van der Waals surface area contributed by atoms with Crippen LogP contribution in [0.25, 0.3) is 10.8 Å². The fourth-order valence-corrected chi connectivity index (χ4v) is 5.71. The zero-order valence-corrected chi connectivity index (χ0v) is 17.5. The van der Waals surface area contributed by atoms with E-state index in [0.717, 1.165) is 21.9 Å². The Labute approximate surface area is 177 Å². The summed E-state index contributed by atoms with van der Waals surface area (Å²) in [6.07, 6.45) is 5.82. The zero-order chi connectivity index (χ0) is 20.7. The molecule has 2 aromatic carbocycles. The van der Waals surface area contributed by atoms with Gasteiger partial charge in [0.1, 0.15) is 12.1 Å². The fourth-order valence-electron chi connectivity index (χ4n) is 3.70. The number of aromatic nitrogens is 3. The predicted octanol–water partition coefficient (Wildman–Crippen LogP) is 3.34. The van der Waals surface area contributed by atoms with E-state index in [1.807, 2.05) is 36.4 Å². The molecule has 0 spiro atoms. The van der Waals surface area contributed by atoms with Crippen molar-refractivity contribution in [2.75, 3.05) is 6.26 Å². The van der Waals surface area contributed by atoms with E-state index < -0.39 is 16.1 Å². The molecule has 0 bridgehead atoms. The number of hydrogen-bond acceptors (Lipinski definition) is 7. The second-order valence-corrected chi connectivity index (χ2v) is 9.81. The summed E-state index contributed by atoms with van der Waals surface area (Å²) in [7, 11) is -3.43. The van der Waals surface area contributed by atoms with Crippen molar-refractivity contribution in [1.29, 1.82) is 0 Å². The molecule has 0 saturated carbocycles. The van der Waals surface area contributed by atoms with E-state index >= 15 is 0 Å². The molecule has 2 atom stereocenters. The molecule has 4 aromatic rings. The molecule has 2 heterocycles. The van der Waals surface area contributed by atoms with E-state index in [-0.39, 0.29) is 5.25 Å². The van der Waals surface area contributed by atoms with Gasteiger partial charge in [0.2, 0.25) is 15.2 Å². The number of furan rings is 1. The largest absolute Gasteiger partial charge is 0.463 e. The Kier molecular flexibility index (Phi) is 4.69. The molecule has 0 unspecified atom stereocenters. The van der Waals surface area contributed by atoms with Gasteiger partial charge in [-0.15, -0.1) is 10.2 Å². The minimum atomic E-state index is -3.43. The van der Waals surface area contributed by atoms with Gasteiger partial charge in [0, 0.05) is 0 Å². The SMILES string of the molecule is CS(=O)(=O)N[C@@H]1c2cccc3cccc(c23)[C@H]1Sc1nncn1/N=C\c1ccco1. The van der Waals surface area contributed by atoms with Crippen molar-refractivity contribution in [2.45, 2.75) is 16.4 Å². The van der Waals surface area contributed by atoms with Crippen LogP contribution in [0, 0.1) is 0 Å². The van der Waals surface area contributed by atoms with Crippen LogP contribution in [0.15, 0.2) is 75.8 Å². The van der Waals surface area contributed by atoms with Gasteiger partial charge in [-0.1, -0.05) is 48.2 Å². The van der Waals surface area contributed by atoms with Gasteiger partial charge < -0.3 is 4.42 Å². The van der Waals surface area contributed by atoms with Gasteiger partial charge in [0.25, 0.3) is 0 Å². The first-order valence-corrected chi connectivity index (χ1v) is 11.9. The van der Waals surface area contributed by atoms with E-state index in [2.05, 4.69) is 20.0 Å². The van der Waals surface area contributed by atoms with Crippen LogP contribution >= 0.6 is 11.8 Å². The monoisotopic (exact) mass is 439 g/mol. The van der Waals surface area contributed by atoms with Crippen molar-refractivity contribution >= 4 is 38.8 Å².